The molecule has 1 N–H and O–H groups in total. The van der Waals surface area contributed by atoms with Gasteiger partial charge in [0.1, 0.15) is 5.75 Å². The molecular formula is C17H19ClO2. The van der Waals surface area contributed by atoms with Gasteiger partial charge in [0.2, 0.25) is 0 Å². The molecule has 0 amide bonds. The minimum absolute atomic E-state index is 0.526. The number of hydrogen-bond acceptors (Lipinski definition) is 2. The first-order valence-corrected chi connectivity index (χ1v) is 6.97. The molecule has 2 aromatic carbocycles. The van der Waals surface area contributed by atoms with E-state index in [4.69, 9.17) is 16.3 Å². The van der Waals surface area contributed by atoms with Crippen molar-refractivity contribution < 1.29 is 9.84 Å². The topological polar surface area (TPSA) is 29.5 Å². The van der Waals surface area contributed by atoms with Crippen molar-refractivity contribution in [3.05, 3.63) is 64.7 Å². The summed E-state index contributed by atoms with van der Waals surface area (Å²) in [5.74, 6) is 0.819. The Labute approximate surface area is 125 Å². The van der Waals surface area contributed by atoms with Crippen molar-refractivity contribution in [2.24, 2.45) is 0 Å². The van der Waals surface area contributed by atoms with Crippen molar-refractivity contribution in [2.75, 3.05) is 7.11 Å². The van der Waals surface area contributed by atoms with Crippen molar-refractivity contribution >= 4 is 11.6 Å². The summed E-state index contributed by atoms with van der Waals surface area (Å²) in [5.41, 5.74) is 1.20. The normalized spacial score (nSPS) is 13.8. The summed E-state index contributed by atoms with van der Waals surface area (Å²) < 4.78 is 5.13. The van der Waals surface area contributed by atoms with Gasteiger partial charge >= 0.3 is 0 Å². The molecule has 3 heteroatoms. The molecule has 1 atom stereocenters. The monoisotopic (exact) mass is 290 g/mol. The second kappa shape index (κ2) is 6.29. The molecule has 0 aliphatic carbocycles. The summed E-state index contributed by atoms with van der Waals surface area (Å²) in [7, 11) is 1.64. The molecule has 0 heterocycles. The van der Waals surface area contributed by atoms with E-state index in [1.165, 1.54) is 0 Å². The number of methoxy groups -OCH3 is 1. The fourth-order valence-corrected chi connectivity index (χ4v) is 2.50. The highest BCUT2D eigenvalue weighted by atomic mass is 35.5. The van der Waals surface area contributed by atoms with E-state index in [0.29, 0.717) is 17.9 Å². The maximum Gasteiger partial charge on any atom is 0.118 e. The lowest BCUT2D eigenvalue weighted by molar-refractivity contribution is 0.0608. The van der Waals surface area contributed by atoms with Crippen LogP contribution >= 0.6 is 11.6 Å². The summed E-state index contributed by atoms with van der Waals surface area (Å²) in [5, 5.41) is 11.3. The van der Waals surface area contributed by atoms with Gasteiger partial charge in [-0.25, -0.2) is 0 Å². The molecule has 2 rings (SSSR count). The summed E-state index contributed by atoms with van der Waals surface area (Å²) in [6.07, 6.45) is 1.10. The van der Waals surface area contributed by atoms with Crippen LogP contribution in [0.4, 0.5) is 0 Å². The standard InChI is InChI=1S/C17H19ClO2/c1-17(19,12-14-5-3-4-6-16(14)18)11-13-7-9-15(20-2)10-8-13/h3-10,19H,11-12H2,1-2H3. The molecule has 106 valence electrons. The second-order valence-electron chi connectivity index (χ2n) is 5.29. The van der Waals surface area contributed by atoms with E-state index in [0.717, 1.165) is 16.9 Å². The van der Waals surface area contributed by atoms with Gasteiger partial charge in [-0.3, -0.25) is 0 Å². The Morgan fingerprint density at radius 2 is 1.70 bits per heavy atom. The van der Waals surface area contributed by atoms with Crippen LogP contribution in [0.2, 0.25) is 5.02 Å². The third-order valence-electron chi connectivity index (χ3n) is 3.27. The van der Waals surface area contributed by atoms with Crippen molar-refractivity contribution in [3.8, 4) is 5.75 Å². The highest BCUT2D eigenvalue weighted by Gasteiger charge is 2.22. The maximum atomic E-state index is 10.6. The van der Waals surface area contributed by atoms with Gasteiger partial charge in [-0.15, -0.1) is 0 Å². The fourth-order valence-electron chi connectivity index (χ4n) is 2.30. The average Bonchev–Trinajstić information content (AvgIpc) is 2.41. The smallest absolute Gasteiger partial charge is 0.118 e. The van der Waals surface area contributed by atoms with E-state index in [9.17, 15) is 5.11 Å². The number of hydrogen-bond donors (Lipinski definition) is 1. The molecule has 1 unspecified atom stereocenters. The van der Waals surface area contributed by atoms with Crippen molar-refractivity contribution in [3.63, 3.8) is 0 Å². The van der Waals surface area contributed by atoms with Gasteiger partial charge in [0.05, 0.1) is 12.7 Å². The summed E-state index contributed by atoms with van der Waals surface area (Å²) in [6, 6.07) is 15.4. The molecule has 0 aliphatic rings. The van der Waals surface area contributed by atoms with Gasteiger partial charge in [0.25, 0.3) is 0 Å². The minimum Gasteiger partial charge on any atom is -0.497 e. The molecule has 0 spiro atoms. The van der Waals surface area contributed by atoms with Gasteiger partial charge in [-0.2, -0.15) is 0 Å². The van der Waals surface area contributed by atoms with Crippen molar-refractivity contribution in [2.45, 2.75) is 25.4 Å². The zero-order valence-electron chi connectivity index (χ0n) is 11.8. The lowest BCUT2D eigenvalue weighted by Gasteiger charge is -2.24. The number of ether oxygens (including phenoxy) is 1. The van der Waals surface area contributed by atoms with Crippen LogP contribution in [0.5, 0.6) is 5.75 Å². The minimum atomic E-state index is -0.834. The molecule has 0 radical (unpaired) electrons. The number of halogens is 1. The number of rotatable bonds is 5. The molecule has 0 aliphatic heterocycles. The van der Waals surface area contributed by atoms with Crippen LogP contribution < -0.4 is 4.74 Å². The predicted octanol–water partition coefficient (Wildman–Crippen LogP) is 3.88. The van der Waals surface area contributed by atoms with E-state index in [1.54, 1.807) is 7.11 Å². The quantitative estimate of drug-likeness (QED) is 0.905. The molecule has 0 fully saturated rings. The Morgan fingerprint density at radius 1 is 1.05 bits per heavy atom. The number of aliphatic hydroxyl groups is 1. The SMILES string of the molecule is COc1ccc(CC(C)(O)Cc2ccccc2Cl)cc1. The van der Waals surface area contributed by atoms with Crippen molar-refractivity contribution in [1.29, 1.82) is 0 Å². The fraction of sp³-hybridized carbons (Fsp3) is 0.294. The molecule has 0 bridgehead atoms. The summed E-state index contributed by atoms with van der Waals surface area (Å²) in [4.78, 5) is 0. The van der Waals surface area contributed by atoms with E-state index < -0.39 is 5.60 Å². The molecule has 2 aromatic rings. The van der Waals surface area contributed by atoms with E-state index in [2.05, 4.69) is 0 Å². The van der Waals surface area contributed by atoms with Gasteiger partial charge < -0.3 is 9.84 Å². The number of benzene rings is 2. The van der Waals surface area contributed by atoms with Gasteiger partial charge in [0, 0.05) is 17.9 Å². The highest BCUT2D eigenvalue weighted by Crippen LogP contribution is 2.24. The van der Waals surface area contributed by atoms with Crippen LogP contribution in [0.1, 0.15) is 18.1 Å². The van der Waals surface area contributed by atoms with Crippen LogP contribution in [0.15, 0.2) is 48.5 Å². The van der Waals surface area contributed by atoms with Crippen molar-refractivity contribution in [1.82, 2.24) is 0 Å². The van der Waals surface area contributed by atoms with Gasteiger partial charge in [-0.05, 0) is 36.2 Å². The summed E-state index contributed by atoms with van der Waals surface area (Å²) >= 11 is 6.15. The third kappa shape index (κ3) is 3.99. The Balaban J connectivity index is 2.08. The van der Waals surface area contributed by atoms with E-state index in [-0.39, 0.29) is 0 Å². The Morgan fingerprint density at radius 3 is 2.30 bits per heavy atom. The molecule has 0 aromatic heterocycles. The van der Waals surface area contributed by atoms with Crippen LogP contribution in [-0.2, 0) is 12.8 Å². The third-order valence-corrected chi connectivity index (χ3v) is 3.64. The Bertz CT molecular complexity index is 561. The van der Waals surface area contributed by atoms with Gasteiger partial charge in [0.15, 0.2) is 0 Å². The van der Waals surface area contributed by atoms with Crippen LogP contribution in [0.3, 0.4) is 0 Å². The first-order chi connectivity index (χ1) is 9.50. The predicted molar refractivity (Wildman–Crippen MR) is 82.5 cm³/mol. The molecule has 0 saturated carbocycles. The average molecular weight is 291 g/mol. The van der Waals surface area contributed by atoms with Crippen LogP contribution in [-0.4, -0.2) is 17.8 Å². The Hall–Kier alpha value is -1.51. The maximum absolute atomic E-state index is 10.6. The zero-order chi connectivity index (χ0) is 14.6. The van der Waals surface area contributed by atoms with Crippen LogP contribution in [0.25, 0.3) is 0 Å². The first kappa shape index (κ1) is 14.9. The molecular weight excluding hydrogens is 272 g/mol. The largest absolute Gasteiger partial charge is 0.497 e. The molecule has 2 nitrogen and oxygen atoms in total. The first-order valence-electron chi connectivity index (χ1n) is 6.59. The second-order valence-corrected chi connectivity index (χ2v) is 5.70. The lowest BCUT2D eigenvalue weighted by atomic mass is 9.90. The van der Waals surface area contributed by atoms with Gasteiger partial charge in [-0.1, -0.05) is 41.9 Å². The van der Waals surface area contributed by atoms with E-state index >= 15 is 0 Å². The molecule has 0 saturated heterocycles. The van der Waals surface area contributed by atoms with E-state index in [1.807, 2.05) is 55.5 Å². The zero-order valence-corrected chi connectivity index (χ0v) is 12.5. The summed E-state index contributed by atoms with van der Waals surface area (Å²) in [6.45, 7) is 1.83. The molecule has 20 heavy (non-hydrogen) atoms. The Kier molecular flexibility index (Phi) is 4.69. The van der Waals surface area contributed by atoms with Crippen LogP contribution in [0, 0.1) is 0 Å². The highest BCUT2D eigenvalue weighted by molar-refractivity contribution is 6.31. The lowest BCUT2D eigenvalue weighted by Crippen LogP contribution is -2.30.